The maximum Gasteiger partial charge on any atom is 0.263 e. The SMILES string of the molecule is CCCCN(C)C(=O)C1CCN(C(=O)c2cc(C)c(C)s2)CC1. The van der Waals surface area contributed by atoms with Gasteiger partial charge in [0.05, 0.1) is 4.88 Å². The topological polar surface area (TPSA) is 40.6 Å². The molecule has 1 aromatic rings. The zero-order valence-electron chi connectivity index (χ0n) is 14.7. The molecule has 1 fully saturated rings. The maximum absolute atomic E-state index is 12.6. The van der Waals surface area contributed by atoms with Gasteiger partial charge in [-0.15, -0.1) is 11.3 Å². The van der Waals surface area contributed by atoms with Gasteiger partial charge in [0.2, 0.25) is 5.91 Å². The summed E-state index contributed by atoms with van der Waals surface area (Å²) in [5.41, 5.74) is 1.18. The molecular formula is C18H28N2O2S. The third-order valence-corrected chi connectivity index (χ3v) is 5.87. The van der Waals surface area contributed by atoms with Crippen LogP contribution in [-0.2, 0) is 4.79 Å². The number of likely N-dealkylation sites (tertiary alicyclic amines) is 1. The molecule has 1 aromatic heterocycles. The number of nitrogens with zero attached hydrogens (tertiary/aromatic N) is 2. The van der Waals surface area contributed by atoms with Crippen molar-refractivity contribution in [2.75, 3.05) is 26.7 Å². The fraction of sp³-hybridized carbons (Fsp3) is 0.667. The highest BCUT2D eigenvalue weighted by molar-refractivity contribution is 7.14. The van der Waals surface area contributed by atoms with Gasteiger partial charge in [-0.3, -0.25) is 9.59 Å². The van der Waals surface area contributed by atoms with Crippen LogP contribution in [0.25, 0.3) is 0 Å². The number of piperidine rings is 1. The number of amides is 2. The number of hydrogen-bond donors (Lipinski definition) is 0. The zero-order valence-corrected chi connectivity index (χ0v) is 15.5. The molecule has 2 amide bonds. The number of unbranched alkanes of at least 4 members (excludes halogenated alkanes) is 1. The molecule has 0 bridgehead atoms. The van der Waals surface area contributed by atoms with Gasteiger partial charge in [-0.25, -0.2) is 0 Å². The fourth-order valence-corrected chi connectivity index (χ4v) is 3.98. The Labute approximate surface area is 143 Å². The molecule has 5 heteroatoms. The van der Waals surface area contributed by atoms with E-state index in [-0.39, 0.29) is 17.7 Å². The highest BCUT2D eigenvalue weighted by atomic mass is 32.1. The van der Waals surface area contributed by atoms with Crippen LogP contribution in [0.3, 0.4) is 0 Å². The van der Waals surface area contributed by atoms with Crippen LogP contribution in [0.4, 0.5) is 0 Å². The molecule has 0 N–H and O–H groups in total. The van der Waals surface area contributed by atoms with E-state index in [9.17, 15) is 9.59 Å². The van der Waals surface area contributed by atoms with Crippen molar-refractivity contribution in [3.8, 4) is 0 Å². The van der Waals surface area contributed by atoms with Crippen molar-refractivity contribution < 1.29 is 9.59 Å². The van der Waals surface area contributed by atoms with E-state index >= 15 is 0 Å². The Bertz CT molecular complexity index is 540. The molecule has 2 rings (SSSR count). The van der Waals surface area contributed by atoms with Crippen LogP contribution in [0.5, 0.6) is 0 Å². The molecule has 128 valence electrons. The standard InChI is InChI=1S/C18H28N2O2S/c1-5-6-9-19(4)17(21)15-7-10-20(11-8-15)18(22)16-12-13(2)14(3)23-16/h12,15H,5-11H2,1-4H3. The van der Waals surface area contributed by atoms with Crippen LogP contribution in [-0.4, -0.2) is 48.3 Å². The quantitative estimate of drug-likeness (QED) is 0.826. The van der Waals surface area contributed by atoms with E-state index in [1.807, 2.05) is 36.8 Å². The van der Waals surface area contributed by atoms with Crippen molar-refractivity contribution >= 4 is 23.2 Å². The molecular weight excluding hydrogens is 308 g/mol. The van der Waals surface area contributed by atoms with Crippen molar-refractivity contribution in [1.82, 2.24) is 9.80 Å². The zero-order chi connectivity index (χ0) is 17.0. The van der Waals surface area contributed by atoms with Gasteiger partial charge in [-0.05, 0) is 44.7 Å². The second-order valence-electron chi connectivity index (χ2n) is 6.53. The Hall–Kier alpha value is -1.36. The number of carbonyl (C=O) groups is 2. The number of thiophene rings is 1. The maximum atomic E-state index is 12.6. The van der Waals surface area contributed by atoms with Crippen molar-refractivity contribution in [2.45, 2.75) is 46.5 Å². The first-order valence-electron chi connectivity index (χ1n) is 8.55. The lowest BCUT2D eigenvalue weighted by Gasteiger charge is -2.33. The van der Waals surface area contributed by atoms with Crippen molar-refractivity contribution in [1.29, 1.82) is 0 Å². The second-order valence-corrected chi connectivity index (χ2v) is 7.79. The molecule has 0 atom stereocenters. The van der Waals surface area contributed by atoms with Gasteiger partial charge in [0.1, 0.15) is 0 Å². The molecule has 2 heterocycles. The Morgan fingerprint density at radius 3 is 2.48 bits per heavy atom. The van der Waals surface area contributed by atoms with E-state index in [1.54, 1.807) is 11.3 Å². The van der Waals surface area contributed by atoms with E-state index < -0.39 is 0 Å². The smallest absolute Gasteiger partial charge is 0.263 e. The lowest BCUT2D eigenvalue weighted by atomic mass is 9.95. The minimum absolute atomic E-state index is 0.0766. The Kier molecular flexibility index (Phi) is 6.22. The average molecular weight is 337 g/mol. The Balaban J connectivity index is 1.88. The molecule has 0 saturated carbocycles. The van der Waals surface area contributed by atoms with Crippen LogP contribution in [0.15, 0.2) is 6.07 Å². The summed E-state index contributed by atoms with van der Waals surface area (Å²) in [5.74, 6) is 0.442. The molecule has 1 aliphatic heterocycles. The summed E-state index contributed by atoms with van der Waals surface area (Å²) in [5, 5.41) is 0. The van der Waals surface area contributed by atoms with Crippen molar-refractivity contribution in [2.24, 2.45) is 5.92 Å². The average Bonchev–Trinajstić information content (AvgIpc) is 2.90. The number of carbonyl (C=O) groups excluding carboxylic acids is 2. The summed E-state index contributed by atoms with van der Waals surface area (Å²) in [6.07, 6.45) is 3.72. The van der Waals surface area contributed by atoms with E-state index in [2.05, 4.69) is 6.92 Å². The van der Waals surface area contributed by atoms with Gasteiger partial charge >= 0.3 is 0 Å². The van der Waals surface area contributed by atoms with Gasteiger partial charge in [-0.2, -0.15) is 0 Å². The van der Waals surface area contributed by atoms with E-state index in [4.69, 9.17) is 0 Å². The molecule has 0 spiro atoms. The highest BCUT2D eigenvalue weighted by Gasteiger charge is 2.29. The first-order valence-corrected chi connectivity index (χ1v) is 9.37. The number of aryl methyl sites for hydroxylation is 2. The summed E-state index contributed by atoms with van der Waals surface area (Å²) in [7, 11) is 1.90. The first kappa shape index (κ1) is 18.0. The van der Waals surface area contributed by atoms with E-state index in [0.29, 0.717) is 13.1 Å². The molecule has 0 unspecified atom stereocenters. The summed E-state index contributed by atoms with van der Waals surface area (Å²) in [6, 6.07) is 1.98. The van der Waals surface area contributed by atoms with Crippen LogP contribution in [0, 0.1) is 19.8 Å². The Morgan fingerprint density at radius 2 is 1.96 bits per heavy atom. The van der Waals surface area contributed by atoms with Gasteiger partial charge in [0, 0.05) is 37.5 Å². The molecule has 1 saturated heterocycles. The summed E-state index contributed by atoms with van der Waals surface area (Å²) in [6.45, 7) is 8.44. The Morgan fingerprint density at radius 1 is 1.30 bits per heavy atom. The van der Waals surface area contributed by atoms with Crippen LogP contribution in [0.1, 0.15) is 52.7 Å². The normalized spacial score (nSPS) is 15.7. The van der Waals surface area contributed by atoms with Crippen LogP contribution in [0.2, 0.25) is 0 Å². The van der Waals surface area contributed by atoms with E-state index in [1.165, 1.54) is 10.4 Å². The largest absolute Gasteiger partial charge is 0.346 e. The van der Waals surface area contributed by atoms with Gasteiger partial charge in [0.25, 0.3) is 5.91 Å². The summed E-state index contributed by atoms with van der Waals surface area (Å²) in [4.78, 5) is 30.8. The van der Waals surface area contributed by atoms with Gasteiger partial charge < -0.3 is 9.80 Å². The molecule has 4 nitrogen and oxygen atoms in total. The minimum atomic E-state index is 0.0766. The first-order chi connectivity index (χ1) is 10.9. The molecule has 1 aliphatic rings. The van der Waals surface area contributed by atoms with Crippen LogP contribution < -0.4 is 0 Å². The fourth-order valence-electron chi connectivity index (χ4n) is 2.98. The lowest BCUT2D eigenvalue weighted by Crippen LogP contribution is -2.43. The summed E-state index contributed by atoms with van der Waals surface area (Å²) >= 11 is 1.57. The third kappa shape index (κ3) is 4.34. The predicted molar refractivity (Wildman–Crippen MR) is 95.0 cm³/mol. The van der Waals surface area contributed by atoms with Gasteiger partial charge in [0.15, 0.2) is 0 Å². The van der Waals surface area contributed by atoms with Crippen LogP contribution >= 0.6 is 11.3 Å². The molecule has 0 aromatic carbocycles. The second kappa shape index (κ2) is 7.95. The van der Waals surface area contributed by atoms with Crippen molar-refractivity contribution in [3.63, 3.8) is 0 Å². The van der Waals surface area contributed by atoms with E-state index in [0.717, 1.165) is 37.1 Å². The predicted octanol–water partition coefficient (Wildman–Crippen LogP) is 3.48. The molecule has 0 aliphatic carbocycles. The minimum Gasteiger partial charge on any atom is -0.346 e. The third-order valence-electron chi connectivity index (χ3n) is 4.73. The highest BCUT2D eigenvalue weighted by Crippen LogP contribution is 2.25. The number of rotatable bonds is 5. The molecule has 0 radical (unpaired) electrons. The lowest BCUT2D eigenvalue weighted by molar-refractivity contribution is -0.135. The number of hydrogen-bond acceptors (Lipinski definition) is 3. The molecule has 23 heavy (non-hydrogen) atoms. The van der Waals surface area contributed by atoms with Gasteiger partial charge in [-0.1, -0.05) is 13.3 Å². The monoisotopic (exact) mass is 336 g/mol. The van der Waals surface area contributed by atoms with Crippen molar-refractivity contribution in [3.05, 3.63) is 21.4 Å². The summed E-state index contributed by atoms with van der Waals surface area (Å²) < 4.78 is 0.